The molecule has 8 heteroatoms. The van der Waals surface area contributed by atoms with Crippen LogP contribution in [-0.4, -0.2) is 63.9 Å². The highest BCUT2D eigenvalue weighted by Crippen LogP contribution is 2.33. The average Bonchev–Trinajstić information content (AvgIpc) is 3.36. The van der Waals surface area contributed by atoms with E-state index in [1.807, 2.05) is 12.3 Å². The molecule has 0 radical (unpaired) electrons. The summed E-state index contributed by atoms with van der Waals surface area (Å²) in [6, 6.07) is 4.96. The first-order chi connectivity index (χ1) is 15.1. The fourth-order valence-electron chi connectivity index (χ4n) is 4.55. The third-order valence-corrected chi connectivity index (χ3v) is 6.28. The van der Waals surface area contributed by atoms with Crippen molar-refractivity contribution in [2.24, 2.45) is 5.73 Å². The molecule has 0 aromatic carbocycles. The van der Waals surface area contributed by atoms with Crippen LogP contribution in [0.4, 0.5) is 0 Å². The van der Waals surface area contributed by atoms with E-state index in [0.717, 1.165) is 43.0 Å². The lowest BCUT2D eigenvalue weighted by Gasteiger charge is -2.43. The van der Waals surface area contributed by atoms with E-state index >= 15 is 0 Å². The quantitative estimate of drug-likeness (QED) is 0.719. The smallest absolute Gasteiger partial charge is 0.146 e. The number of hydrogen-bond acceptors (Lipinski definition) is 7. The number of nitrogens with two attached hydrogens (primary N) is 1. The van der Waals surface area contributed by atoms with Crippen molar-refractivity contribution in [1.82, 2.24) is 24.6 Å². The topological polar surface area (TPSA) is 96.2 Å². The van der Waals surface area contributed by atoms with Gasteiger partial charge in [0.05, 0.1) is 24.9 Å². The highest BCUT2D eigenvalue weighted by Gasteiger charge is 2.37. The molecule has 4 rings (SSSR count). The van der Waals surface area contributed by atoms with E-state index in [9.17, 15) is 5.26 Å². The lowest BCUT2D eigenvalue weighted by molar-refractivity contribution is 0.0565. The van der Waals surface area contributed by atoms with Gasteiger partial charge in [-0.25, -0.2) is 0 Å². The number of hydrogen-bond donors (Lipinski definition) is 1. The summed E-state index contributed by atoms with van der Waals surface area (Å²) >= 11 is 0. The minimum absolute atomic E-state index is 0.283. The molecule has 2 aromatic rings. The Morgan fingerprint density at radius 2 is 2.10 bits per heavy atom. The number of likely N-dealkylation sites (tertiary alicyclic amines) is 2. The van der Waals surface area contributed by atoms with Crippen molar-refractivity contribution >= 4 is 5.57 Å². The maximum atomic E-state index is 9.25. The molecule has 162 valence electrons. The fraction of sp³-hybridized carbons (Fsp3) is 0.435. The fourth-order valence-corrected chi connectivity index (χ4v) is 4.55. The Morgan fingerprint density at radius 3 is 2.77 bits per heavy atom. The molecular formula is C23H29N7O. The third kappa shape index (κ3) is 3.89. The minimum atomic E-state index is 0.283. The second-order valence-electron chi connectivity index (χ2n) is 8.08. The number of ether oxygens (including phenoxy) is 1. The highest BCUT2D eigenvalue weighted by atomic mass is 16.5. The van der Waals surface area contributed by atoms with Gasteiger partial charge in [-0.1, -0.05) is 6.08 Å². The summed E-state index contributed by atoms with van der Waals surface area (Å²) in [6.07, 6.45) is 10.4. The van der Waals surface area contributed by atoms with E-state index in [4.69, 9.17) is 10.5 Å². The summed E-state index contributed by atoms with van der Waals surface area (Å²) in [5, 5.41) is 13.9. The maximum Gasteiger partial charge on any atom is 0.146 e. The van der Waals surface area contributed by atoms with Crippen LogP contribution >= 0.6 is 0 Å². The first-order valence-corrected chi connectivity index (χ1v) is 10.6. The Hall–Kier alpha value is -3.31. The third-order valence-electron chi connectivity index (χ3n) is 6.28. The number of nitrogens with zero attached hydrogens (tertiary/aromatic N) is 6. The van der Waals surface area contributed by atoms with E-state index < -0.39 is 0 Å². The normalized spacial score (nSPS) is 20.3. The van der Waals surface area contributed by atoms with Crippen molar-refractivity contribution in [2.45, 2.75) is 32.4 Å². The monoisotopic (exact) mass is 419 g/mol. The van der Waals surface area contributed by atoms with Crippen molar-refractivity contribution in [2.75, 3.05) is 33.3 Å². The number of nitriles is 1. The van der Waals surface area contributed by atoms with Crippen LogP contribution in [0.15, 0.2) is 36.9 Å². The van der Waals surface area contributed by atoms with Crippen molar-refractivity contribution in [3.8, 4) is 22.9 Å². The molecule has 0 saturated carbocycles. The van der Waals surface area contributed by atoms with Gasteiger partial charge in [-0.15, -0.1) is 0 Å². The summed E-state index contributed by atoms with van der Waals surface area (Å²) < 4.78 is 7.59. The molecule has 0 bridgehead atoms. The van der Waals surface area contributed by atoms with E-state index in [-0.39, 0.29) is 5.57 Å². The molecular weight excluding hydrogens is 390 g/mol. The number of methoxy groups -OCH3 is 1. The molecule has 2 aliphatic heterocycles. The van der Waals surface area contributed by atoms with Crippen LogP contribution in [0.3, 0.4) is 0 Å². The zero-order chi connectivity index (χ0) is 22.0. The summed E-state index contributed by atoms with van der Waals surface area (Å²) in [4.78, 5) is 9.40. The number of rotatable bonds is 6. The van der Waals surface area contributed by atoms with Crippen LogP contribution < -0.4 is 10.5 Å². The van der Waals surface area contributed by atoms with Gasteiger partial charge in [0.25, 0.3) is 0 Å². The van der Waals surface area contributed by atoms with E-state index in [1.165, 1.54) is 12.6 Å². The standard InChI is InChI=1S/C23H29N7O/c1-4-6-28-7-5-19(13-28)29-14-20(15-29)30-16(2)21(12-27-30)17-8-22(31-3)23(26-11-17)18(9-24)10-25/h4,6,8-9,11-12,19-20H,5,7,13-15,24H2,1-3H3/b6-4?,18-9-/t19-/m1/s1. The van der Waals surface area contributed by atoms with Gasteiger partial charge in [-0.3, -0.25) is 14.6 Å². The number of pyridine rings is 1. The molecule has 0 amide bonds. The van der Waals surface area contributed by atoms with Crippen molar-refractivity contribution in [3.05, 3.63) is 48.3 Å². The molecule has 2 N–H and O–H groups in total. The molecule has 0 aliphatic carbocycles. The molecule has 0 unspecified atom stereocenters. The summed E-state index contributed by atoms with van der Waals surface area (Å²) in [5.41, 5.74) is 9.31. The van der Waals surface area contributed by atoms with Gasteiger partial charge >= 0.3 is 0 Å². The van der Waals surface area contributed by atoms with Gasteiger partial charge in [0.2, 0.25) is 0 Å². The Labute approximate surface area is 183 Å². The minimum Gasteiger partial charge on any atom is -0.494 e. The van der Waals surface area contributed by atoms with Gasteiger partial charge in [0, 0.05) is 61.4 Å². The SMILES string of the molecule is CC=CN1CC[C@@H](N2CC(n3ncc(-c4cnc(/C(C#N)=C\N)c(OC)c4)c3C)C2)C1. The zero-order valence-electron chi connectivity index (χ0n) is 18.3. The van der Waals surface area contributed by atoms with Crippen LogP contribution in [0.25, 0.3) is 16.7 Å². The van der Waals surface area contributed by atoms with Gasteiger partial charge in [-0.05, 0) is 32.5 Å². The van der Waals surface area contributed by atoms with Crippen molar-refractivity contribution < 1.29 is 4.74 Å². The molecule has 31 heavy (non-hydrogen) atoms. The first kappa shape index (κ1) is 20.9. The van der Waals surface area contributed by atoms with Crippen LogP contribution in [0, 0.1) is 18.3 Å². The predicted octanol–water partition coefficient (Wildman–Crippen LogP) is 2.55. The van der Waals surface area contributed by atoms with Crippen LogP contribution in [-0.2, 0) is 0 Å². The lowest BCUT2D eigenvalue weighted by Crippen LogP contribution is -2.53. The second-order valence-corrected chi connectivity index (χ2v) is 8.08. The number of aromatic nitrogens is 3. The number of allylic oxidation sites excluding steroid dienone is 2. The van der Waals surface area contributed by atoms with Crippen LogP contribution in [0.1, 0.15) is 30.8 Å². The second kappa shape index (κ2) is 8.82. The van der Waals surface area contributed by atoms with Crippen molar-refractivity contribution in [3.63, 3.8) is 0 Å². The molecule has 2 fully saturated rings. The molecule has 8 nitrogen and oxygen atoms in total. The van der Waals surface area contributed by atoms with Gasteiger partial charge in [0.1, 0.15) is 17.5 Å². The Balaban J connectivity index is 1.48. The van der Waals surface area contributed by atoms with Gasteiger partial charge in [0.15, 0.2) is 0 Å². The van der Waals surface area contributed by atoms with Crippen LogP contribution in [0.2, 0.25) is 0 Å². The Morgan fingerprint density at radius 1 is 1.29 bits per heavy atom. The average molecular weight is 420 g/mol. The summed E-state index contributed by atoms with van der Waals surface area (Å²) in [5.74, 6) is 0.518. The predicted molar refractivity (Wildman–Crippen MR) is 120 cm³/mol. The van der Waals surface area contributed by atoms with Crippen LogP contribution in [0.5, 0.6) is 5.75 Å². The highest BCUT2D eigenvalue weighted by molar-refractivity contribution is 5.79. The Bertz CT molecular complexity index is 1040. The maximum absolute atomic E-state index is 9.25. The summed E-state index contributed by atoms with van der Waals surface area (Å²) in [7, 11) is 1.56. The van der Waals surface area contributed by atoms with Crippen molar-refractivity contribution in [1.29, 1.82) is 5.26 Å². The molecule has 0 spiro atoms. The van der Waals surface area contributed by atoms with E-state index in [0.29, 0.717) is 23.5 Å². The largest absolute Gasteiger partial charge is 0.494 e. The lowest BCUT2D eigenvalue weighted by atomic mass is 10.0. The Kier molecular flexibility index (Phi) is 5.96. The summed E-state index contributed by atoms with van der Waals surface area (Å²) in [6.45, 7) is 8.47. The molecule has 2 saturated heterocycles. The van der Waals surface area contributed by atoms with Gasteiger partial charge in [-0.2, -0.15) is 10.4 Å². The molecule has 2 aromatic heterocycles. The van der Waals surface area contributed by atoms with Gasteiger partial charge < -0.3 is 15.4 Å². The molecule has 4 heterocycles. The first-order valence-electron chi connectivity index (χ1n) is 10.6. The van der Waals surface area contributed by atoms with E-state index in [2.05, 4.69) is 56.8 Å². The zero-order valence-corrected chi connectivity index (χ0v) is 18.3. The molecule has 2 aliphatic rings. The van der Waals surface area contributed by atoms with E-state index in [1.54, 1.807) is 13.3 Å². The molecule has 1 atom stereocenters.